The number of rotatable bonds is 5. The molecule has 0 aliphatic rings. The van der Waals surface area contributed by atoms with Crippen molar-refractivity contribution in [2.24, 2.45) is 5.41 Å². The quantitative estimate of drug-likeness (QED) is 0.611. The van der Waals surface area contributed by atoms with E-state index in [9.17, 15) is 9.59 Å². The lowest BCUT2D eigenvalue weighted by Crippen LogP contribution is -2.39. The number of carbonyl (C=O) groups excluding carboxylic acids is 1. The number of nitrogens with one attached hydrogen (secondary N) is 2. The highest BCUT2D eigenvalue weighted by molar-refractivity contribution is 5.91. The van der Waals surface area contributed by atoms with Gasteiger partial charge in [-0.1, -0.05) is 20.8 Å². The van der Waals surface area contributed by atoms with E-state index in [-0.39, 0.29) is 23.6 Å². The summed E-state index contributed by atoms with van der Waals surface area (Å²) in [7, 11) is 0. The highest BCUT2D eigenvalue weighted by atomic mass is 16.4. The molecule has 19 heavy (non-hydrogen) atoms. The van der Waals surface area contributed by atoms with Gasteiger partial charge >= 0.3 is 5.97 Å². The maximum Gasteiger partial charge on any atom is 0.305 e. The van der Waals surface area contributed by atoms with Crippen molar-refractivity contribution in [3.8, 4) is 0 Å². The van der Waals surface area contributed by atoms with E-state index in [0.717, 1.165) is 0 Å². The van der Waals surface area contributed by atoms with Gasteiger partial charge in [0.05, 0.1) is 6.42 Å². The number of carbonyl (C=O) groups is 2. The van der Waals surface area contributed by atoms with Crippen molar-refractivity contribution >= 4 is 17.8 Å². The fraction of sp³-hybridized carbons (Fsp3) is 0.636. The highest BCUT2D eigenvalue weighted by Crippen LogP contribution is 2.22. The van der Waals surface area contributed by atoms with Crippen LogP contribution in [0.4, 0.5) is 5.95 Å². The van der Waals surface area contributed by atoms with Gasteiger partial charge in [0.25, 0.3) is 5.91 Å². The molecule has 0 aliphatic carbocycles. The first-order valence-corrected chi connectivity index (χ1v) is 5.88. The van der Waals surface area contributed by atoms with Gasteiger partial charge in [-0.3, -0.25) is 14.7 Å². The molecular weight excluding hydrogens is 250 g/mol. The monoisotopic (exact) mass is 269 g/mol. The van der Waals surface area contributed by atoms with Crippen LogP contribution in [0, 0.1) is 5.41 Å². The Morgan fingerprint density at radius 1 is 1.47 bits per heavy atom. The van der Waals surface area contributed by atoms with Crippen molar-refractivity contribution in [1.29, 1.82) is 0 Å². The van der Waals surface area contributed by atoms with Gasteiger partial charge in [-0.25, -0.2) is 0 Å². The lowest BCUT2D eigenvalue weighted by atomic mass is 9.87. The number of nitrogens with zero attached hydrogens (tertiary/aromatic N) is 2. The molecule has 0 saturated carbocycles. The molecule has 0 spiro atoms. The van der Waals surface area contributed by atoms with Gasteiger partial charge < -0.3 is 16.2 Å². The number of nitrogen functional groups attached to an aromatic ring is 1. The standard InChI is InChI=1S/C11H19N5O3/c1-11(2,3)5-6(4-7(17)18)13-9(19)8-14-10(12)16-15-8/h6H,4-5H2,1-3H3,(H,13,19)(H,17,18)(H3,12,14,15,16). The smallest absolute Gasteiger partial charge is 0.305 e. The van der Waals surface area contributed by atoms with Crippen molar-refractivity contribution in [3.05, 3.63) is 5.82 Å². The van der Waals surface area contributed by atoms with Gasteiger partial charge in [0.2, 0.25) is 11.8 Å². The normalized spacial score (nSPS) is 13.0. The maximum atomic E-state index is 11.8. The van der Waals surface area contributed by atoms with E-state index in [0.29, 0.717) is 6.42 Å². The third-order valence-electron chi connectivity index (χ3n) is 2.33. The second-order valence-electron chi connectivity index (χ2n) is 5.58. The largest absolute Gasteiger partial charge is 0.481 e. The minimum Gasteiger partial charge on any atom is -0.481 e. The molecule has 1 aromatic heterocycles. The average molecular weight is 269 g/mol. The van der Waals surface area contributed by atoms with Crippen LogP contribution in [0.15, 0.2) is 0 Å². The molecule has 8 nitrogen and oxygen atoms in total. The Kier molecular flexibility index (Phi) is 4.47. The Balaban J connectivity index is 2.71. The first-order valence-electron chi connectivity index (χ1n) is 5.88. The number of nitrogens with two attached hydrogens (primary N) is 1. The first-order chi connectivity index (χ1) is 8.67. The minimum atomic E-state index is -0.966. The zero-order valence-corrected chi connectivity index (χ0v) is 11.2. The number of carboxylic acid groups (broad SMARTS) is 1. The van der Waals surface area contributed by atoms with E-state index in [2.05, 4.69) is 20.5 Å². The molecule has 0 aliphatic heterocycles. The number of carboxylic acids is 1. The van der Waals surface area contributed by atoms with Gasteiger partial charge in [-0.2, -0.15) is 4.98 Å². The van der Waals surface area contributed by atoms with E-state index < -0.39 is 17.9 Å². The Labute approximate surface area is 110 Å². The molecule has 1 unspecified atom stereocenters. The minimum absolute atomic E-state index is 0.0261. The van der Waals surface area contributed by atoms with Crippen LogP contribution in [0.1, 0.15) is 44.2 Å². The van der Waals surface area contributed by atoms with E-state index in [1.54, 1.807) is 0 Å². The summed E-state index contributed by atoms with van der Waals surface area (Å²) in [6.07, 6.45) is 0.390. The zero-order chi connectivity index (χ0) is 14.6. The Morgan fingerprint density at radius 2 is 2.11 bits per heavy atom. The van der Waals surface area contributed by atoms with Crippen molar-refractivity contribution in [3.63, 3.8) is 0 Å². The van der Waals surface area contributed by atoms with Crippen LogP contribution in [0.25, 0.3) is 0 Å². The molecule has 1 amide bonds. The van der Waals surface area contributed by atoms with Gasteiger partial charge in [-0.15, -0.1) is 5.10 Å². The molecule has 0 saturated heterocycles. The van der Waals surface area contributed by atoms with Crippen molar-refractivity contribution in [2.75, 3.05) is 5.73 Å². The van der Waals surface area contributed by atoms with Crippen LogP contribution < -0.4 is 11.1 Å². The summed E-state index contributed by atoms with van der Waals surface area (Å²) in [5.41, 5.74) is 5.20. The number of aromatic nitrogens is 3. The molecule has 0 radical (unpaired) electrons. The van der Waals surface area contributed by atoms with Gasteiger partial charge in [0.1, 0.15) is 0 Å². The topological polar surface area (TPSA) is 134 Å². The predicted octanol–water partition coefficient (Wildman–Crippen LogP) is 0.396. The molecule has 106 valence electrons. The van der Waals surface area contributed by atoms with Crippen LogP contribution in [0.5, 0.6) is 0 Å². The number of aliphatic carboxylic acids is 1. The van der Waals surface area contributed by atoms with Crippen molar-refractivity contribution in [1.82, 2.24) is 20.5 Å². The van der Waals surface area contributed by atoms with E-state index in [1.165, 1.54) is 0 Å². The van der Waals surface area contributed by atoms with Crippen LogP contribution in [0.2, 0.25) is 0 Å². The summed E-state index contributed by atoms with van der Waals surface area (Å²) in [5, 5.41) is 17.4. The third-order valence-corrected chi connectivity index (χ3v) is 2.33. The summed E-state index contributed by atoms with van der Waals surface area (Å²) in [6, 6.07) is -0.476. The maximum absolute atomic E-state index is 11.8. The number of hydrogen-bond acceptors (Lipinski definition) is 5. The van der Waals surface area contributed by atoms with Crippen LogP contribution in [-0.2, 0) is 4.79 Å². The predicted molar refractivity (Wildman–Crippen MR) is 68.4 cm³/mol. The molecule has 1 atom stereocenters. The Hall–Kier alpha value is -2.12. The second kappa shape index (κ2) is 5.68. The number of anilines is 1. The van der Waals surface area contributed by atoms with Gasteiger partial charge in [-0.05, 0) is 11.8 Å². The van der Waals surface area contributed by atoms with Crippen LogP contribution in [-0.4, -0.2) is 38.2 Å². The lowest BCUT2D eigenvalue weighted by molar-refractivity contribution is -0.137. The summed E-state index contributed by atoms with van der Waals surface area (Å²) in [5.74, 6) is -1.54. The van der Waals surface area contributed by atoms with Gasteiger partial charge in [0.15, 0.2) is 0 Å². The second-order valence-corrected chi connectivity index (χ2v) is 5.58. The van der Waals surface area contributed by atoms with Crippen molar-refractivity contribution in [2.45, 2.75) is 39.7 Å². The number of hydrogen-bond donors (Lipinski definition) is 4. The van der Waals surface area contributed by atoms with E-state index >= 15 is 0 Å². The third kappa shape index (κ3) is 5.36. The summed E-state index contributed by atoms with van der Waals surface area (Å²) in [6.45, 7) is 5.92. The first kappa shape index (κ1) is 14.9. The lowest BCUT2D eigenvalue weighted by Gasteiger charge is -2.25. The highest BCUT2D eigenvalue weighted by Gasteiger charge is 2.24. The average Bonchev–Trinajstić information content (AvgIpc) is 2.60. The van der Waals surface area contributed by atoms with Crippen LogP contribution >= 0.6 is 0 Å². The molecule has 1 rings (SSSR count). The Morgan fingerprint density at radius 3 is 2.53 bits per heavy atom. The zero-order valence-electron chi connectivity index (χ0n) is 11.2. The molecule has 0 bridgehead atoms. The van der Waals surface area contributed by atoms with Crippen LogP contribution in [0.3, 0.4) is 0 Å². The fourth-order valence-electron chi connectivity index (χ4n) is 1.75. The van der Waals surface area contributed by atoms with Crippen molar-refractivity contribution < 1.29 is 14.7 Å². The summed E-state index contributed by atoms with van der Waals surface area (Å²) < 4.78 is 0. The number of H-pyrrole nitrogens is 1. The summed E-state index contributed by atoms with van der Waals surface area (Å²) in [4.78, 5) is 26.3. The molecule has 8 heteroatoms. The Bertz CT molecular complexity index is 463. The molecular formula is C11H19N5O3. The number of aromatic amines is 1. The molecule has 0 aromatic carbocycles. The fourth-order valence-corrected chi connectivity index (χ4v) is 1.75. The molecule has 1 heterocycles. The molecule has 5 N–H and O–H groups in total. The molecule has 1 aromatic rings. The van der Waals surface area contributed by atoms with E-state index in [4.69, 9.17) is 10.8 Å². The SMILES string of the molecule is CC(C)(C)CC(CC(=O)O)NC(=O)c1nc(N)n[nH]1. The summed E-state index contributed by atoms with van der Waals surface area (Å²) >= 11 is 0. The van der Waals surface area contributed by atoms with E-state index in [1.807, 2.05) is 20.8 Å². The van der Waals surface area contributed by atoms with Gasteiger partial charge in [0, 0.05) is 6.04 Å². The number of amides is 1. The molecule has 0 fully saturated rings.